The van der Waals surface area contributed by atoms with E-state index in [1.165, 1.54) is 0 Å². The van der Waals surface area contributed by atoms with Gasteiger partial charge < -0.3 is 15.0 Å². The molecule has 1 N–H and O–H groups in total. The van der Waals surface area contributed by atoms with Crippen LogP contribution in [0.15, 0.2) is 36.4 Å². The number of nitrogens with one attached hydrogen (secondary N) is 1. The SMILES string of the molecule is CCN(CC)c1ccc(C(=O)Nc2ccccc2OC)nn1. The third kappa shape index (κ3) is 3.52. The number of hydrogen-bond acceptors (Lipinski definition) is 5. The number of anilines is 2. The minimum absolute atomic E-state index is 0.266. The lowest BCUT2D eigenvalue weighted by Gasteiger charge is -2.18. The average Bonchev–Trinajstić information content (AvgIpc) is 2.57. The molecule has 0 saturated carbocycles. The first-order chi connectivity index (χ1) is 10.7. The van der Waals surface area contributed by atoms with Gasteiger partial charge in [0.2, 0.25) is 0 Å². The molecule has 1 heterocycles. The van der Waals surface area contributed by atoms with Crippen molar-refractivity contribution in [2.45, 2.75) is 13.8 Å². The molecular formula is C16H20N4O2. The smallest absolute Gasteiger partial charge is 0.276 e. The van der Waals surface area contributed by atoms with Crippen molar-refractivity contribution < 1.29 is 9.53 Å². The maximum absolute atomic E-state index is 12.2. The lowest BCUT2D eigenvalue weighted by molar-refractivity contribution is 0.102. The monoisotopic (exact) mass is 300 g/mol. The summed E-state index contributed by atoms with van der Waals surface area (Å²) in [5.74, 6) is 1.05. The van der Waals surface area contributed by atoms with Crippen LogP contribution in [0, 0.1) is 0 Å². The van der Waals surface area contributed by atoms with Crippen LogP contribution in [-0.4, -0.2) is 36.3 Å². The molecule has 22 heavy (non-hydrogen) atoms. The lowest BCUT2D eigenvalue weighted by atomic mass is 10.2. The molecule has 0 spiro atoms. The van der Waals surface area contributed by atoms with E-state index < -0.39 is 0 Å². The fourth-order valence-corrected chi connectivity index (χ4v) is 2.10. The van der Waals surface area contributed by atoms with Gasteiger partial charge in [0.15, 0.2) is 11.5 Å². The highest BCUT2D eigenvalue weighted by atomic mass is 16.5. The van der Waals surface area contributed by atoms with Crippen LogP contribution < -0.4 is 15.0 Å². The number of hydrogen-bond donors (Lipinski definition) is 1. The summed E-state index contributed by atoms with van der Waals surface area (Å²) in [6.45, 7) is 5.79. The van der Waals surface area contributed by atoms with Crippen molar-refractivity contribution >= 4 is 17.4 Å². The van der Waals surface area contributed by atoms with Crippen LogP contribution in [0.25, 0.3) is 0 Å². The Labute approximate surface area is 130 Å². The van der Waals surface area contributed by atoms with E-state index in [1.54, 1.807) is 31.4 Å². The quantitative estimate of drug-likeness (QED) is 0.888. The number of carbonyl (C=O) groups excluding carboxylic acids is 1. The zero-order valence-corrected chi connectivity index (χ0v) is 13.0. The fraction of sp³-hybridized carbons (Fsp3) is 0.312. The molecule has 0 unspecified atom stereocenters. The molecule has 0 aliphatic rings. The highest BCUT2D eigenvalue weighted by Crippen LogP contribution is 2.23. The molecule has 0 aliphatic carbocycles. The van der Waals surface area contributed by atoms with Gasteiger partial charge in [-0.2, -0.15) is 0 Å². The Kier molecular flexibility index (Phi) is 5.30. The topological polar surface area (TPSA) is 67.4 Å². The molecule has 1 aromatic heterocycles. The molecule has 6 nitrogen and oxygen atoms in total. The maximum atomic E-state index is 12.2. The normalized spacial score (nSPS) is 10.1. The van der Waals surface area contributed by atoms with Gasteiger partial charge in [-0.3, -0.25) is 4.79 Å². The van der Waals surface area contributed by atoms with Crippen LogP contribution in [0.1, 0.15) is 24.3 Å². The first-order valence-corrected chi connectivity index (χ1v) is 7.22. The largest absolute Gasteiger partial charge is 0.495 e. The molecule has 0 aliphatic heterocycles. The molecular weight excluding hydrogens is 280 g/mol. The van der Waals surface area contributed by atoms with Gasteiger partial charge in [0.1, 0.15) is 5.75 Å². The van der Waals surface area contributed by atoms with Crippen LogP contribution in [0.3, 0.4) is 0 Å². The van der Waals surface area contributed by atoms with Crippen molar-refractivity contribution in [3.63, 3.8) is 0 Å². The summed E-state index contributed by atoms with van der Waals surface area (Å²) in [7, 11) is 1.56. The third-order valence-corrected chi connectivity index (χ3v) is 3.33. The van der Waals surface area contributed by atoms with E-state index in [-0.39, 0.29) is 11.6 Å². The van der Waals surface area contributed by atoms with E-state index in [0.717, 1.165) is 18.9 Å². The van der Waals surface area contributed by atoms with Gasteiger partial charge in [-0.05, 0) is 38.1 Å². The number of amides is 1. The Hall–Kier alpha value is -2.63. The van der Waals surface area contributed by atoms with Gasteiger partial charge in [0.25, 0.3) is 5.91 Å². The number of aromatic nitrogens is 2. The molecule has 0 radical (unpaired) electrons. The highest BCUT2D eigenvalue weighted by molar-refractivity contribution is 6.03. The van der Waals surface area contributed by atoms with E-state index in [4.69, 9.17) is 4.74 Å². The zero-order chi connectivity index (χ0) is 15.9. The minimum atomic E-state index is -0.317. The predicted octanol–water partition coefficient (Wildman–Crippen LogP) is 2.58. The Morgan fingerprint density at radius 1 is 1.14 bits per heavy atom. The van der Waals surface area contributed by atoms with Gasteiger partial charge in [0, 0.05) is 13.1 Å². The molecule has 6 heteroatoms. The molecule has 0 fully saturated rings. The standard InChI is InChI=1S/C16H20N4O2/c1-4-20(5-2)15-11-10-13(18-19-15)16(21)17-12-8-6-7-9-14(12)22-3/h6-11H,4-5H2,1-3H3,(H,17,21). The van der Waals surface area contributed by atoms with Crippen LogP contribution in [-0.2, 0) is 0 Å². The summed E-state index contributed by atoms with van der Waals surface area (Å²) >= 11 is 0. The molecule has 0 atom stereocenters. The lowest BCUT2D eigenvalue weighted by Crippen LogP contribution is -2.24. The fourth-order valence-electron chi connectivity index (χ4n) is 2.10. The summed E-state index contributed by atoms with van der Waals surface area (Å²) in [6, 6.07) is 10.7. The summed E-state index contributed by atoms with van der Waals surface area (Å²) in [4.78, 5) is 14.3. The number of nitrogens with zero attached hydrogens (tertiary/aromatic N) is 3. The summed E-state index contributed by atoms with van der Waals surface area (Å²) in [5, 5.41) is 10.9. The molecule has 2 rings (SSSR count). The predicted molar refractivity (Wildman–Crippen MR) is 86.5 cm³/mol. The van der Waals surface area contributed by atoms with Crippen molar-refractivity contribution in [2.24, 2.45) is 0 Å². The van der Waals surface area contributed by atoms with Crippen LogP contribution >= 0.6 is 0 Å². The van der Waals surface area contributed by atoms with Gasteiger partial charge in [-0.25, -0.2) is 0 Å². The minimum Gasteiger partial charge on any atom is -0.495 e. The highest BCUT2D eigenvalue weighted by Gasteiger charge is 2.12. The second-order valence-corrected chi connectivity index (χ2v) is 4.60. The third-order valence-electron chi connectivity index (χ3n) is 3.33. The Morgan fingerprint density at radius 3 is 2.45 bits per heavy atom. The first kappa shape index (κ1) is 15.8. The number of ether oxygens (including phenoxy) is 1. The molecule has 0 saturated heterocycles. The summed E-state index contributed by atoms with van der Waals surface area (Å²) in [5.41, 5.74) is 0.867. The van der Waals surface area contributed by atoms with E-state index in [1.807, 2.05) is 26.0 Å². The molecule has 116 valence electrons. The van der Waals surface area contributed by atoms with E-state index in [9.17, 15) is 4.79 Å². The Bertz CT molecular complexity index is 624. The van der Waals surface area contributed by atoms with Gasteiger partial charge in [-0.15, -0.1) is 10.2 Å². The summed E-state index contributed by atoms with van der Waals surface area (Å²) in [6.07, 6.45) is 0. The molecule has 1 amide bonds. The Morgan fingerprint density at radius 2 is 1.86 bits per heavy atom. The number of para-hydroxylation sites is 2. The number of rotatable bonds is 6. The second-order valence-electron chi connectivity index (χ2n) is 4.60. The van der Waals surface area contributed by atoms with Crippen molar-refractivity contribution in [1.82, 2.24) is 10.2 Å². The zero-order valence-electron chi connectivity index (χ0n) is 13.0. The van der Waals surface area contributed by atoms with Gasteiger partial charge in [-0.1, -0.05) is 12.1 Å². The Balaban J connectivity index is 2.13. The van der Waals surface area contributed by atoms with Crippen LogP contribution in [0.5, 0.6) is 5.75 Å². The molecule has 2 aromatic rings. The molecule has 0 bridgehead atoms. The number of carbonyl (C=O) groups is 1. The first-order valence-electron chi connectivity index (χ1n) is 7.22. The van der Waals surface area contributed by atoms with Crippen molar-refractivity contribution in [3.05, 3.63) is 42.1 Å². The summed E-state index contributed by atoms with van der Waals surface area (Å²) < 4.78 is 5.20. The van der Waals surface area contributed by atoms with Crippen LogP contribution in [0.4, 0.5) is 11.5 Å². The van der Waals surface area contributed by atoms with Crippen molar-refractivity contribution in [2.75, 3.05) is 30.4 Å². The average molecular weight is 300 g/mol. The van der Waals surface area contributed by atoms with E-state index in [2.05, 4.69) is 20.4 Å². The maximum Gasteiger partial charge on any atom is 0.276 e. The molecule has 1 aromatic carbocycles. The van der Waals surface area contributed by atoms with Crippen molar-refractivity contribution in [3.8, 4) is 5.75 Å². The number of benzene rings is 1. The van der Waals surface area contributed by atoms with E-state index in [0.29, 0.717) is 11.4 Å². The van der Waals surface area contributed by atoms with E-state index >= 15 is 0 Å². The van der Waals surface area contributed by atoms with Crippen molar-refractivity contribution in [1.29, 1.82) is 0 Å². The number of methoxy groups -OCH3 is 1. The van der Waals surface area contributed by atoms with Crippen LogP contribution in [0.2, 0.25) is 0 Å². The van der Waals surface area contributed by atoms with Gasteiger partial charge >= 0.3 is 0 Å². The van der Waals surface area contributed by atoms with Gasteiger partial charge in [0.05, 0.1) is 12.8 Å². The second kappa shape index (κ2) is 7.40.